The van der Waals surface area contributed by atoms with Gasteiger partial charge in [0.05, 0.1) is 10.6 Å². The fraction of sp³-hybridized carbons (Fsp3) is 0.161. The smallest absolute Gasteiger partial charge is 0.264 e. The number of carbonyl (C=O) groups excluding carboxylic acids is 2. The second-order valence-corrected chi connectivity index (χ2v) is 12.0. The average molecular weight is 611 g/mol. The van der Waals surface area contributed by atoms with Crippen LogP contribution in [0.3, 0.4) is 0 Å². The summed E-state index contributed by atoms with van der Waals surface area (Å²) in [4.78, 5) is 28.9. The van der Waals surface area contributed by atoms with E-state index in [2.05, 4.69) is 5.32 Å². The van der Waals surface area contributed by atoms with E-state index in [1.54, 1.807) is 54.6 Å². The van der Waals surface area contributed by atoms with E-state index < -0.39 is 28.5 Å². The normalized spacial score (nSPS) is 11.9. The highest BCUT2D eigenvalue weighted by Gasteiger charge is 2.34. The molecule has 1 atom stereocenters. The molecule has 0 fully saturated rings. The molecular formula is C31H29Cl2N3O4S. The van der Waals surface area contributed by atoms with Crippen LogP contribution in [0.5, 0.6) is 0 Å². The monoisotopic (exact) mass is 609 g/mol. The molecule has 0 aliphatic heterocycles. The number of hydrogen-bond acceptors (Lipinski definition) is 4. The summed E-state index contributed by atoms with van der Waals surface area (Å²) >= 11 is 12.3. The third kappa shape index (κ3) is 7.67. The Kier molecular flexibility index (Phi) is 10.0. The minimum Gasteiger partial charge on any atom is -0.357 e. The van der Waals surface area contributed by atoms with Crippen molar-refractivity contribution in [1.29, 1.82) is 0 Å². The lowest BCUT2D eigenvalue weighted by Crippen LogP contribution is -2.53. The first-order valence-corrected chi connectivity index (χ1v) is 15.0. The Balaban J connectivity index is 1.78. The van der Waals surface area contributed by atoms with E-state index in [4.69, 9.17) is 23.2 Å². The van der Waals surface area contributed by atoms with Crippen molar-refractivity contribution in [2.75, 3.05) is 17.9 Å². The number of carbonyl (C=O) groups is 2. The van der Waals surface area contributed by atoms with Gasteiger partial charge in [-0.05, 0) is 59.7 Å². The number of sulfonamides is 1. The summed E-state index contributed by atoms with van der Waals surface area (Å²) in [7, 11) is -2.66. The Labute approximate surface area is 250 Å². The highest BCUT2D eigenvalue weighted by atomic mass is 35.5. The van der Waals surface area contributed by atoms with Gasteiger partial charge < -0.3 is 10.2 Å². The number of rotatable bonds is 11. The minimum absolute atomic E-state index is 0.0243. The maximum Gasteiger partial charge on any atom is 0.264 e. The summed E-state index contributed by atoms with van der Waals surface area (Å²) in [5.41, 5.74) is 1.79. The van der Waals surface area contributed by atoms with E-state index in [-0.39, 0.29) is 29.5 Å². The van der Waals surface area contributed by atoms with Crippen LogP contribution in [-0.2, 0) is 32.6 Å². The molecule has 2 amide bonds. The summed E-state index contributed by atoms with van der Waals surface area (Å²) in [6, 6.07) is 29.4. The first kappa shape index (κ1) is 30.1. The van der Waals surface area contributed by atoms with E-state index in [1.165, 1.54) is 36.2 Å². The van der Waals surface area contributed by atoms with Gasteiger partial charge in [-0.25, -0.2) is 8.42 Å². The molecular weight excluding hydrogens is 581 g/mol. The molecule has 0 saturated heterocycles. The van der Waals surface area contributed by atoms with Gasteiger partial charge >= 0.3 is 0 Å². The molecule has 41 heavy (non-hydrogen) atoms. The van der Waals surface area contributed by atoms with Crippen molar-refractivity contribution in [2.45, 2.75) is 23.9 Å². The fourth-order valence-electron chi connectivity index (χ4n) is 4.41. The molecule has 7 nitrogen and oxygen atoms in total. The molecule has 0 heterocycles. The maximum absolute atomic E-state index is 14.2. The number of nitrogens with one attached hydrogen (secondary N) is 1. The third-order valence-electron chi connectivity index (χ3n) is 6.48. The molecule has 212 valence electrons. The van der Waals surface area contributed by atoms with Crippen LogP contribution < -0.4 is 9.62 Å². The molecule has 4 rings (SSSR count). The van der Waals surface area contributed by atoms with Crippen molar-refractivity contribution >= 4 is 50.7 Å². The number of benzene rings is 4. The van der Waals surface area contributed by atoms with Crippen LogP contribution in [0.15, 0.2) is 114 Å². The standard InChI is InChI=1S/C31H29Cl2N3O4S/c1-34-31(38)29(20-23-9-4-2-5-10-23)35(21-24-11-8-12-26(33)19-24)30(37)22-36(27-17-15-25(32)16-18-27)41(39,40)28-13-6-3-7-14-28/h2-19,29H,20-22H2,1H3,(H,34,38)/t29-/m1/s1. The molecule has 0 bridgehead atoms. The second-order valence-electron chi connectivity index (χ2n) is 9.27. The third-order valence-corrected chi connectivity index (χ3v) is 8.76. The highest BCUT2D eigenvalue weighted by molar-refractivity contribution is 7.92. The molecule has 0 aliphatic carbocycles. The van der Waals surface area contributed by atoms with E-state index in [9.17, 15) is 18.0 Å². The van der Waals surface area contributed by atoms with Gasteiger partial charge in [0, 0.05) is 30.1 Å². The number of amides is 2. The minimum atomic E-state index is -4.16. The van der Waals surface area contributed by atoms with Crippen molar-refractivity contribution in [1.82, 2.24) is 10.2 Å². The number of halogens is 2. The van der Waals surface area contributed by atoms with Gasteiger partial charge in [0.1, 0.15) is 12.6 Å². The molecule has 0 aromatic heterocycles. The van der Waals surface area contributed by atoms with Crippen molar-refractivity contribution < 1.29 is 18.0 Å². The SMILES string of the molecule is CNC(=O)[C@@H](Cc1ccccc1)N(Cc1cccc(Cl)c1)C(=O)CN(c1ccc(Cl)cc1)S(=O)(=O)c1ccccc1. The first-order valence-electron chi connectivity index (χ1n) is 12.8. The lowest BCUT2D eigenvalue weighted by atomic mass is 10.0. The van der Waals surface area contributed by atoms with Crippen LogP contribution >= 0.6 is 23.2 Å². The molecule has 4 aromatic carbocycles. The Hall–Kier alpha value is -3.85. The second kappa shape index (κ2) is 13.7. The Bertz CT molecular complexity index is 1580. The van der Waals surface area contributed by atoms with Crippen molar-refractivity contribution in [3.8, 4) is 0 Å². The molecule has 1 N–H and O–H groups in total. The predicted molar refractivity (Wildman–Crippen MR) is 162 cm³/mol. The Morgan fingerprint density at radius 2 is 1.39 bits per heavy atom. The van der Waals surface area contributed by atoms with E-state index in [1.807, 2.05) is 30.3 Å². The summed E-state index contributed by atoms with van der Waals surface area (Å²) in [5, 5.41) is 3.55. The molecule has 0 unspecified atom stereocenters. The number of anilines is 1. The summed E-state index contributed by atoms with van der Waals surface area (Å²) in [6.07, 6.45) is 0.221. The predicted octanol–water partition coefficient (Wildman–Crippen LogP) is 5.57. The van der Waals surface area contributed by atoms with E-state index >= 15 is 0 Å². The van der Waals surface area contributed by atoms with Crippen LogP contribution in [0.4, 0.5) is 5.69 Å². The van der Waals surface area contributed by atoms with Gasteiger partial charge in [0.25, 0.3) is 10.0 Å². The summed E-state index contributed by atoms with van der Waals surface area (Å²) in [5.74, 6) is -0.947. The Morgan fingerprint density at radius 1 is 0.780 bits per heavy atom. The topological polar surface area (TPSA) is 86.8 Å². The van der Waals surface area contributed by atoms with Gasteiger partial charge in [-0.15, -0.1) is 0 Å². The largest absolute Gasteiger partial charge is 0.357 e. The molecule has 0 saturated carbocycles. The Morgan fingerprint density at radius 3 is 2.00 bits per heavy atom. The molecule has 4 aromatic rings. The van der Waals surface area contributed by atoms with E-state index in [0.29, 0.717) is 15.6 Å². The highest BCUT2D eigenvalue weighted by Crippen LogP contribution is 2.26. The maximum atomic E-state index is 14.2. The van der Waals surface area contributed by atoms with Gasteiger partial charge in [-0.2, -0.15) is 0 Å². The van der Waals surface area contributed by atoms with Crippen LogP contribution in [-0.4, -0.2) is 44.8 Å². The summed E-state index contributed by atoms with van der Waals surface area (Å²) < 4.78 is 28.7. The lowest BCUT2D eigenvalue weighted by Gasteiger charge is -2.33. The van der Waals surface area contributed by atoms with Gasteiger partial charge in [0.2, 0.25) is 11.8 Å². The zero-order valence-corrected chi connectivity index (χ0v) is 24.6. The van der Waals surface area contributed by atoms with Crippen LogP contribution in [0.2, 0.25) is 10.0 Å². The molecule has 10 heteroatoms. The number of likely N-dealkylation sites (N-methyl/N-ethyl adjacent to an activating group) is 1. The summed E-state index contributed by atoms with van der Waals surface area (Å²) in [6.45, 7) is -0.522. The number of hydrogen-bond donors (Lipinski definition) is 1. The van der Waals surface area contributed by atoms with Crippen LogP contribution in [0.25, 0.3) is 0 Å². The van der Waals surface area contributed by atoms with Gasteiger partial charge in [-0.1, -0.05) is 83.9 Å². The van der Waals surface area contributed by atoms with Crippen molar-refractivity contribution in [3.05, 3.63) is 130 Å². The van der Waals surface area contributed by atoms with Crippen LogP contribution in [0, 0.1) is 0 Å². The number of nitrogens with zero attached hydrogens (tertiary/aromatic N) is 2. The zero-order chi connectivity index (χ0) is 29.4. The van der Waals surface area contributed by atoms with Crippen molar-refractivity contribution in [2.24, 2.45) is 0 Å². The molecule has 0 spiro atoms. The zero-order valence-electron chi connectivity index (χ0n) is 22.3. The molecule has 0 aliphatic rings. The lowest BCUT2D eigenvalue weighted by molar-refractivity contribution is -0.139. The van der Waals surface area contributed by atoms with Gasteiger partial charge in [0.15, 0.2) is 0 Å². The first-order chi connectivity index (χ1) is 19.7. The van der Waals surface area contributed by atoms with Gasteiger partial charge in [-0.3, -0.25) is 13.9 Å². The average Bonchev–Trinajstić information content (AvgIpc) is 2.98. The van der Waals surface area contributed by atoms with E-state index in [0.717, 1.165) is 9.87 Å². The molecule has 0 radical (unpaired) electrons. The van der Waals surface area contributed by atoms with Crippen molar-refractivity contribution in [3.63, 3.8) is 0 Å². The quantitative estimate of drug-likeness (QED) is 0.241. The van der Waals surface area contributed by atoms with Crippen LogP contribution in [0.1, 0.15) is 11.1 Å². The fourth-order valence-corrected chi connectivity index (χ4v) is 6.18.